The first kappa shape index (κ1) is 21.4. The van der Waals surface area contributed by atoms with E-state index in [9.17, 15) is 4.79 Å². The average molecular weight is 496 g/mol. The second-order valence-corrected chi connectivity index (χ2v) is 8.22. The van der Waals surface area contributed by atoms with Crippen molar-refractivity contribution >= 4 is 35.8 Å². The van der Waals surface area contributed by atoms with Crippen LogP contribution in [0.3, 0.4) is 0 Å². The number of aliphatic imine (C=N–C) groups is 1. The first-order valence-corrected chi connectivity index (χ1v) is 10.7. The van der Waals surface area contributed by atoms with Gasteiger partial charge >= 0.3 is 0 Å². The van der Waals surface area contributed by atoms with Gasteiger partial charge in [0, 0.05) is 43.6 Å². The van der Waals surface area contributed by atoms with Gasteiger partial charge in [0.2, 0.25) is 5.91 Å². The van der Waals surface area contributed by atoms with Crippen molar-refractivity contribution in [2.75, 3.05) is 19.6 Å². The molecule has 28 heavy (non-hydrogen) atoms. The van der Waals surface area contributed by atoms with Gasteiger partial charge in [0.25, 0.3) is 0 Å². The molecule has 1 amide bonds. The van der Waals surface area contributed by atoms with E-state index in [0.29, 0.717) is 23.9 Å². The number of hydrogen-bond donors (Lipinski definition) is 2. The highest BCUT2D eigenvalue weighted by Crippen LogP contribution is 2.40. The molecule has 3 aliphatic rings. The number of amides is 1. The van der Waals surface area contributed by atoms with Crippen molar-refractivity contribution in [3.05, 3.63) is 35.9 Å². The Balaban J connectivity index is 0.00000225. The van der Waals surface area contributed by atoms with Crippen molar-refractivity contribution in [2.24, 2.45) is 10.9 Å². The smallest absolute Gasteiger partial charge is 0.225 e. The van der Waals surface area contributed by atoms with Crippen LogP contribution in [0, 0.1) is 5.92 Å². The minimum atomic E-state index is 0. The fourth-order valence-corrected chi connectivity index (χ4v) is 4.59. The fraction of sp³-hybridized carbons (Fsp3) is 0.636. The second kappa shape index (κ2) is 9.94. The SMILES string of the molecule is CCN=C(NC1CCN(C(=O)C2CCCC2)C1)NC1CC1c1ccccc1.I. The summed E-state index contributed by atoms with van der Waals surface area (Å²) in [5.41, 5.74) is 1.40. The molecule has 0 aromatic heterocycles. The number of halogens is 1. The molecule has 1 saturated heterocycles. The van der Waals surface area contributed by atoms with Gasteiger partial charge in [0.05, 0.1) is 0 Å². The number of rotatable bonds is 5. The number of nitrogens with one attached hydrogen (secondary N) is 2. The van der Waals surface area contributed by atoms with E-state index in [1.54, 1.807) is 0 Å². The number of carbonyl (C=O) groups is 1. The van der Waals surface area contributed by atoms with Crippen LogP contribution in [0.25, 0.3) is 0 Å². The highest BCUT2D eigenvalue weighted by Gasteiger charge is 2.39. The van der Waals surface area contributed by atoms with E-state index in [-0.39, 0.29) is 29.9 Å². The lowest BCUT2D eigenvalue weighted by Gasteiger charge is -2.21. The van der Waals surface area contributed by atoms with E-state index in [2.05, 4.69) is 57.8 Å². The summed E-state index contributed by atoms with van der Waals surface area (Å²) in [6.07, 6.45) is 6.77. The minimum absolute atomic E-state index is 0. The zero-order valence-corrected chi connectivity index (χ0v) is 19.1. The standard InChI is InChI=1S/C22H32N4O.HI/c1-2-23-22(25-20-14-19(20)16-8-4-3-5-9-16)24-18-12-13-26(15-18)21(27)17-10-6-7-11-17;/h3-5,8-9,17-20H,2,6-7,10-15H2,1H3,(H2,23,24,25);1H. The Hall–Kier alpha value is -1.31. The van der Waals surface area contributed by atoms with Crippen LogP contribution in [0.2, 0.25) is 0 Å². The lowest BCUT2D eigenvalue weighted by atomic mass is 10.1. The van der Waals surface area contributed by atoms with Crippen molar-refractivity contribution in [1.82, 2.24) is 15.5 Å². The van der Waals surface area contributed by atoms with E-state index >= 15 is 0 Å². The summed E-state index contributed by atoms with van der Waals surface area (Å²) in [6.45, 7) is 4.51. The number of likely N-dealkylation sites (tertiary alicyclic amines) is 1. The molecule has 2 saturated carbocycles. The number of hydrogen-bond acceptors (Lipinski definition) is 2. The van der Waals surface area contributed by atoms with Gasteiger partial charge in [-0.1, -0.05) is 43.2 Å². The molecule has 3 unspecified atom stereocenters. The molecular formula is C22H33IN4O. The van der Waals surface area contributed by atoms with Crippen molar-refractivity contribution in [3.63, 3.8) is 0 Å². The summed E-state index contributed by atoms with van der Waals surface area (Å²) < 4.78 is 0. The summed E-state index contributed by atoms with van der Waals surface area (Å²) in [6, 6.07) is 11.5. The third-order valence-electron chi connectivity index (χ3n) is 6.20. The lowest BCUT2D eigenvalue weighted by Crippen LogP contribution is -2.46. The predicted octanol–water partition coefficient (Wildman–Crippen LogP) is 3.51. The highest BCUT2D eigenvalue weighted by atomic mass is 127. The van der Waals surface area contributed by atoms with Gasteiger partial charge in [-0.15, -0.1) is 24.0 Å². The van der Waals surface area contributed by atoms with Crippen molar-refractivity contribution in [2.45, 2.75) is 63.5 Å². The van der Waals surface area contributed by atoms with Crippen LogP contribution >= 0.6 is 24.0 Å². The molecular weight excluding hydrogens is 463 g/mol. The Kier molecular flexibility index (Phi) is 7.60. The number of nitrogens with zero attached hydrogens (tertiary/aromatic N) is 2. The molecule has 1 heterocycles. The van der Waals surface area contributed by atoms with Gasteiger partial charge in [-0.3, -0.25) is 9.79 Å². The molecule has 0 spiro atoms. The van der Waals surface area contributed by atoms with Crippen LogP contribution in [0.4, 0.5) is 0 Å². The van der Waals surface area contributed by atoms with E-state index in [1.165, 1.54) is 18.4 Å². The van der Waals surface area contributed by atoms with Gasteiger partial charge < -0.3 is 15.5 Å². The highest BCUT2D eigenvalue weighted by molar-refractivity contribution is 14.0. The first-order chi connectivity index (χ1) is 13.2. The third kappa shape index (κ3) is 5.19. The second-order valence-electron chi connectivity index (χ2n) is 8.22. The molecule has 1 aliphatic heterocycles. The molecule has 2 N–H and O–H groups in total. The third-order valence-corrected chi connectivity index (χ3v) is 6.20. The fourth-order valence-electron chi connectivity index (χ4n) is 4.59. The van der Waals surface area contributed by atoms with Gasteiger partial charge in [-0.25, -0.2) is 0 Å². The Bertz CT molecular complexity index is 674. The van der Waals surface area contributed by atoms with Crippen LogP contribution in [-0.2, 0) is 4.79 Å². The minimum Gasteiger partial charge on any atom is -0.353 e. The maximum Gasteiger partial charge on any atom is 0.225 e. The molecule has 6 heteroatoms. The maximum absolute atomic E-state index is 12.6. The van der Waals surface area contributed by atoms with E-state index < -0.39 is 0 Å². The van der Waals surface area contributed by atoms with Crippen LogP contribution < -0.4 is 10.6 Å². The van der Waals surface area contributed by atoms with Crippen LogP contribution in [0.15, 0.2) is 35.3 Å². The van der Waals surface area contributed by atoms with E-state index in [0.717, 1.165) is 51.3 Å². The van der Waals surface area contributed by atoms with E-state index in [1.807, 2.05) is 0 Å². The molecule has 0 radical (unpaired) electrons. The van der Waals surface area contributed by atoms with Crippen LogP contribution in [-0.4, -0.2) is 48.5 Å². The zero-order valence-electron chi connectivity index (χ0n) is 16.8. The lowest BCUT2D eigenvalue weighted by molar-refractivity contribution is -0.134. The average Bonchev–Trinajstić information content (AvgIpc) is 3.08. The molecule has 2 aliphatic carbocycles. The van der Waals surface area contributed by atoms with Gasteiger partial charge in [0.1, 0.15) is 0 Å². The molecule has 3 fully saturated rings. The van der Waals surface area contributed by atoms with Gasteiger partial charge in [-0.05, 0) is 38.2 Å². The van der Waals surface area contributed by atoms with E-state index in [4.69, 9.17) is 0 Å². The monoisotopic (exact) mass is 496 g/mol. The molecule has 154 valence electrons. The molecule has 0 bridgehead atoms. The van der Waals surface area contributed by atoms with Crippen LogP contribution in [0.5, 0.6) is 0 Å². The zero-order chi connectivity index (χ0) is 18.6. The summed E-state index contributed by atoms with van der Waals surface area (Å²) in [5.74, 6) is 2.15. The maximum atomic E-state index is 12.6. The molecule has 1 aromatic rings. The summed E-state index contributed by atoms with van der Waals surface area (Å²) in [7, 11) is 0. The molecule has 5 nitrogen and oxygen atoms in total. The summed E-state index contributed by atoms with van der Waals surface area (Å²) >= 11 is 0. The quantitative estimate of drug-likeness (QED) is 0.373. The van der Waals surface area contributed by atoms with Crippen molar-refractivity contribution in [3.8, 4) is 0 Å². The first-order valence-electron chi connectivity index (χ1n) is 10.7. The van der Waals surface area contributed by atoms with Gasteiger partial charge in [0.15, 0.2) is 5.96 Å². The summed E-state index contributed by atoms with van der Waals surface area (Å²) in [5, 5.41) is 7.18. The predicted molar refractivity (Wildman–Crippen MR) is 124 cm³/mol. The Morgan fingerprint density at radius 1 is 1.14 bits per heavy atom. The Morgan fingerprint density at radius 3 is 2.61 bits per heavy atom. The Labute approximate surface area is 185 Å². The largest absolute Gasteiger partial charge is 0.353 e. The van der Waals surface area contributed by atoms with Gasteiger partial charge in [-0.2, -0.15) is 0 Å². The molecule has 3 atom stereocenters. The molecule has 4 rings (SSSR count). The Morgan fingerprint density at radius 2 is 1.89 bits per heavy atom. The summed E-state index contributed by atoms with van der Waals surface area (Å²) in [4.78, 5) is 19.3. The number of carbonyl (C=O) groups excluding carboxylic acids is 1. The normalized spacial score (nSPS) is 27.4. The van der Waals surface area contributed by atoms with Crippen molar-refractivity contribution < 1.29 is 4.79 Å². The van der Waals surface area contributed by atoms with Crippen molar-refractivity contribution in [1.29, 1.82) is 0 Å². The number of guanidine groups is 1. The van der Waals surface area contributed by atoms with Crippen LogP contribution in [0.1, 0.15) is 56.9 Å². The topological polar surface area (TPSA) is 56.7 Å². The molecule has 1 aromatic carbocycles. The number of benzene rings is 1.